The van der Waals surface area contributed by atoms with Gasteiger partial charge in [-0.1, -0.05) is 24.3 Å². The van der Waals surface area contributed by atoms with Crippen LogP contribution in [0, 0.1) is 0 Å². The van der Waals surface area contributed by atoms with Crippen LogP contribution in [0.1, 0.15) is 11.1 Å². The molecule has 0 spiro atoms. The zero-order chi connectivity index (χ0) is 16.2. The quantitative estimate of drug-likeness (QED) is 0.883. The summed E-state index contributed by atoms with van der Waals surface area (Å²) in [5, 5.41) is 2.78. The lowest BCUT2D eigenvalue weighted by molar-refractivity contribution is -0.115. The Bertz CT molecular complexity index is 809. The summed E-state index contributed by atoms with van der Waals surface area (Å²) in [5.41, 5.74) is 1.94. The van der Waals surface area contributed by atoms with Gasteiger partial charge >= 0.3 is 0 Å². The zero-order valence-electron chi connectivity index (χ0n) is 12.9. The number of ether oxygens (including phenoxy) is 2. The lowest BCUT2D eigenvalue weighted by atomic mass is 10.2. The largest absolute Gasteiger partial charge is 0.497 e. The molecule has 2 aromatic carbocycles. The standard InChI is InChI=1S/C18H16N2O3/c1-22-13-7-5-6-12(10-13)11-15-18(21)20-17(19-15)14-8-3-4-9-16(14)23-2/h3-11H,1-2H3,(H,19,20,21)/b15-11+. The van der Waals surface area contributed by atoms with Crippen LogP contribution in [0.25, 0.3) is 6.08 Å². The van der Waals surface area contributed by atoms with Crippen molar-refractivity contribution < 1.29 is 14.3 Å². The van der Waals surface area contributed by atoms with Crippen LogP contribution in [0.5, 0.6) is 11.5 Å². The molecule has 1 amide bonds. The van der Waals surface area contributed by atoms with Crippen molar-refractivity contribution in [2.45, 2.75) is 0 Å². The Labute approximate surface area is 134 Å². The van der Waals surface area contributed by atoms with Crippen molar-refractivity contribution in [1.29, 1.82) is 0 Å². The number of benzene rings is 2. The maximum atomic E-state index is 12.2. The molecule has 116 valence electrons. The molecule has 0 bridgehead atoms. The normalized spacial score (nSPS) is 15.3. The summed E-state index contributed by atoms with van der Waals surface area (Å²) in [7, 11) is 3.19. The maximum absolute atomic E-state index is 12.2. The first-order valence-electron chi connectivity index (χ1n) is 7.10. The smallest absolute Gasteiger partial charge is 0.275 e. The number of hydrogen-bond acceptors (Lipinski definition) is 4. The van der Waals surface area contributed by atoms with E-state index in [0.717, 1.165) is 16.9 Å². The number of para-hydroxylation sites is 1. The SMILES string of the molecule is COc1cccc(/C=C2/N=C(c3ccccc3OC)NC2=O)c1. The lowest BCUT2D eigenvalue weighted by Crippen LogP contribution is -2.25. The van der Waals surface area contributed by atoms with Gasteiger partial charge in [-0.15, -0.1) is 0 Å². The summed E-state index contributed by atoms with van der Waals surface area (Å²) < 4.78 is 10.5. The molecule has 0 aliphatic carbocycles. The van der Waals surface area contributed by atoms with E-state index in [2.05, 4.69) is 10.3 Å². The fourth-order valence-electron chi connectivity index (χ4n) is 2.33. The van der Waals surface area contributed by atoms with Crippen LogP contribution < -0.4 is 14.8 Å². The average molecular weight is 308 g/mol. The van der Waals surface area contributed by atoms with E-state index in [1.54, 1.807) is 20.3 Å². The first kappa shape index (κ1) is 14.8. The van der Waals surface area contributed by atoms with Crippen LogP contribution in [-0.2, 0) is 4.79 Å². The number of carbonyl (C=O) groups is 1. The third-order valence-electron chi connectivity index (χ3n) is 3.46. The lowest BCUT2D eigenvalue weighted by Gasteiger charge is -2.06. The van der Waals surface area contributed by atoms with E-state index in [9.17, 15) is 4.79 Å². The molecule has 0 saturated carbocycles. The fraction of sp³-hybridized carbons (Fsp3) is 0.111. The second-order valence-electron chi connectivity index (χ2n) is 4.92. The Morgan fingerprint density at radius 3 is 2.65 bits per heavy atom. The van der Waals surface area contributed by atoms with Gasteiger partial charge in [0.1, 0.15) is 23.0 Å². The number of rotatable bonds is 4. The number of methoxy groups -OCH3 is 2. The van der Waals surface area contributed by atoms with Crippen LogP contribution >= 0.6 is 0 Å². The highest BCUT2D eigenvalue weighted by molar-refractivity contribution is 6.20. The van der Waals surface area contributed by atoms with E-state index < -0.39 is 0 Å². The molecular formula is C18H16N2O3. The Balaban J connectivity index is 1.96. The van der Waals surface area contributed by atoms with Gasteiger partial charge < -0.3 is 14.8 Å². The van der Waals surface area contributed by atoms with E-state index in [0.29, 0.717) is 17.3 Å². The molecule has 5 heteroatoms. The van der Waals surface area contributed by atoms with Crippen molar-refractivity contribution in [2.75, 3.05) is 14.2 Å². The summed E-state index contributed by atoms with van der Waals surface area (Å²) in [6.07, 6.45) is 1.72. The summed E-state index contributed by atoms with van der Waals surface area (Å²) in [6, 6.07) is 14.9. The number of amides is 1. The van der Waals surface area contributed by atoms with E-state index in [4.69, 9.17) is 9.47 Å². The molecule has 1 aliphatic heterocycles. The summed E-state index contributed by atoms with van der Waals surface area (Å²) in [6.45, 7) is 0. The van der Waals surface area contributed by atoms with Crippen molar-refractivity contribution in [3.63, 3.8) is 0 Å². The first-order chi connectivity index (χ1) is 11.2. The summed E-state index contributed by atoms with van der Waals surface area (Å²) in [5.74, 6) is 1.64. The van der Waals surface area contributed by atoms with Gasteiger partial charge in [-0.05, 0) is 35.9 Å². The second-order valence-corrected chi connectivity index (χ2v) is 4.92. The number of carbonyl (C=O) groups excluding carboxylic acids is 1. The van der Waals surface area contributed by atoms with Crippen LogP contribution in [0.15, 0.2) is 59.2 Å². The summed E-state index contributed by atoms with van der Waals surface area (Å²) in [4.78, 5) is 16.5. The fourth-order valence-corrected chi connectivity index (χ4v) is 2.33. The summed E-state index contributed by atoms with van der Waals surface area (Å²) >= 11 is 0. The van der Waals surface area contributed by atoms with Gasteiger partial charge in [-0.25, -0.2) is 4.99 Å². The van der Waals surface area contributed by atoms with Gasteiger partial charge in [-0.2, -0.15) is 0 Å². The van der Waals surface area contributed by atoms with Gasteiger partial charge in [0.05, 0.1) is 19.8 Å². The molecule has 1 heterocycles. The Kier molecular flexibility index (Phi) is 4.10. The Morgan fingerprint density at radius 1 is 1.04 bits per heavy atom. The first-order valence-corrected chi connectivity index (χ1v) is 7.10. The van der Waals surface area contributed by atoms with Crippen molar-refractivity contribution in [3.8, 4) is 11.5 Å². The molecule has 23 heavy (non-hydrogen) atoms. The highest BCUT2D eigenvalue weighted by atomic mass is 16.5. The molecule has 5 nitrogen and oxygen atoms in total. The predicted octanol–water partition coefficient (Wildman–Crippen LogP) is 2.62. The van der Waals surface area contributed by atoms with Gasteiger partial charge in [0, 0.05) is 0 Å². The van der Waals surface area contributed by atoms with E-state index in [-0.39, 0.29) is 5.91 Å². The minimum Gasteiger partial charge on any atom is -0.497 e. The van der Waals surface area contributed by atoms with Crippen molar-refractivity contribution in [3.05, 3.63) is 65.4 Å². The zero-order valence-corrected chi connectivity index (χ0v) is 12.9. The van der Waals surface area contributed by atoms with Gasteiger partial charge in [0.2, 0.25) is 0 Å². The number of nitrogens with one attached hydrogen (secondary N) is 1. The van der Waals surface area contributed by atoms with E-state index in [1.807, 2.05) is 48.5 Å². The molecule has 1 N–H and O–H groups in total. The molecule has 0 unspecified atom stereocenters. The van der Waals surface area contributed by atoms with Crippen molar-refractivity contribution in [1.82, 2.24) is 5.32 Å². The number of aliphatic imine (C=N–C) groups is 1. The predicted molar refractivity (Wildman–Crippen MR) is 88.6 cm³/mol. The third-order valence-corrected chi connectivity index (χ3v) is 3.46. The highest BCUT2D eigenvalue weighted by Gasteiger charge is 2.23. The third kappa shape index (κ3) is 3.08. The molecule has 0 atom stereocenters. The van der Waals surface area contributed by atoms with Crippen LogP contribution in [-0.4, -0.2) is 26.0 Å². The van der Waals surface area contributed by atoms with Crippen molar-refractivity contribution >= 4 is 17.8 Å². The topological polar surface area (TPSA) is 59.9 Å². The molecule has 2 aromatic rings. The van der Waals surface area contributed by atoms with Gasteiger partial charge in [-0.3, -0.25) is 4.79 Å². The minimum absolute atomic E-state index is 0.242. The number of amidine groups is 1. The van der Waals surface area contributed by atoms with Crippen LogP contribution in [0.2, 0.25) is 0 Å². The molecular weight excluding hydrogens is 292 g/mol. The maximum Gasteiger partial charge on any atom is 0.275 e. The highest BCUT2D eigenvalue weighted by Crippen LogP contribution is 2.22. The van der Waals surface area contributed by atoms with E-state index in [1.165, 1.54) is 0 Å². The molecule has 0 fully saturated rings. The molecule has 0 saturated heterocycles. The molecule has 1 aliphatic rings. The minimum atomic E-state index is -0.242. The van der Waals surface area contributed by atoms with Crippen LogP contribution in [0.4, 0.5) is 0 Å². The van der Waals surface area contributed by atoms with E-state index >= 15 is 0 Å². The number of nitrogens with zero attached hydrogens (tertiary/aromatic N) is 1. The molecule has 0 aromatic heterocycles. The molecule has 0 radical (unpaired) electrons. The second kappa shape index (κ2) is 6.36. The van der Waals surface area contributed by atoms with Crippen LogP contribution in [0.3, 0.4) is 0 Å². The van der Waals surface area contributed by atoms with Gasteiger partial charge in [0.15, 0.2) is 0 Å². The van der Waals surface area contributed by atoms with Gasteiger partial charge in [0.25, 0.3) is 5.91 Å². The Hall–Kier alpha value is -3.08. The monoisotopic (exact) mass is 308 g/mol. The number of hydrogen-bond donors (Lipinski definition) is 1. The molecule has 3 rings (SSSR count). The van der Waals surface area contributed by atoms with Crippen molar-refractivity contribution in [2.24, 2.45) is 4.99 Å². The Morgan fingerprint density at radius 2 is 1.87 bits per heavy atom. The average Bonchev–Trinajstić information content (AvgIpc) is 2.95.